The Morgan fingerprint density at radius 1 is 1.21 bits per heavy atom. The number of aromatic carboxylic acids is 1. The molecule has 1 N–H and O–H groups in total. The summed E-state index contributed by atoms with van der Waals surface area (Å²) in [6.07, 6.45) is 4.38. The Balaban J connectivity index is 1.20. The highest BCUT2D eigenvalue weighted by Crippen LogP contribution is 2.37. The molecular formula is C26H27N3O4S. The van der Waals surface area contributed by atoms with Crippen LogP contribution in [0, 0.1) is 0 Å². The van der Waals surface area contributed by atoms with E-state index in [0.717, 1.165) is 66.5 Å². The molecule has 0 aliphatic carbocycles. The van der Waals surface area contributed by atoms with Crippen LogP contribution in [0.5, 0.6) is 5.75 Å². The maximum atomic E-state index is 11.1. The van der Waals surface area contributed by atoms with E-state index in [1.165, 1.54) is 5.56 Å². The second-order valence-corrected chi connectivity index (χ2v) is 9.64. The first-order chi connectivity index (χ1) is 16.5. The maximum Gasteiger partial charge on any atom is 0.335 e. The number of hydrogen-bond donors (Lipinski definition) is 1. The lowest BCUT2D eigenvalue weighted by Gasteiger charge is -2.37. The first-order valence-electron chi connectivity index (χ1n) is 11.5. The molecule has 1 aromatic heterocycles. The van der Waals surface area contributed by atoms with Crippen molar-refractivity contribution in [3.05, 3.63) is 70.7 Å². The van der Waals surface area contributed by atoms with Crippen LogP contribution in [0.15, 0.2) is 59.2 Å². The summed E-state index contributed by atoms with van der Waals surface area (Å²) in [4.78, 5) is 23.9. The number of nitrogens with zero attached hydrogens (tertiary/aromatic N) is 3. The number of carboxylic acids is 1. The Labute approximate surface area is 202 Å². The Bertz CT molecular complexity index is 1180. The second kappa shape index (κ2) is 9.56. The number of thiazole rings is 1. The van der Waals surface area contributed by atoms with Gasteiger partial charge in [0.1, 0.15) is 16.4 Å². The molecular weight excluding hydrogens is 450 g/mol. The highest BCUT2D eigenvalue weighted by molar-refractivity contribution is 7.13. The molecule has 1 spiro atoms. The van der Waals surface area contributed by atoms with Crippen molar-refractivity contribution in [1.82, 2.24) is 9.88 Å². The lowest BCUT2D eigenvalue weighted by molar-refractivity contribution is -0.0627. The van der Waals surface area contributed by atoms with E-state index in [1.807, 2.05) is 30.6 Å². The van der Waals surface area contributed by atoms with Crippen LogP contribution in [0.3, 0.4) is 0 Å². The number of aromatic nitrogens is 1. The average Bonchev–Trinajstić information content (AvgIpc) is 3.52. The van der Waals surface area contributed by atoms with Crippen molar-refractivity contribution in [2.45, 2.75) is 38.3 Å². The van der Waals surface area contributed by atoms with Crippen molar-refractivity contribution < 1.29 is 19.5 Å². The van der Waals surface area contributed by atoms with Gasteiger partial charge in [-0.2, -0.15) is 0 Å². The average molecular weight is 478 g/mol. The lowest BCUT2D eigenvalue weighted by atomic mass is 9.85. The molecule has 0 unspecified atom stereocenters. The molecule has 0 saturated carbocycles. The molecule has 1 fully saturated rings. The van der Waals surface area contributed by atoms with E-state index in [4.69, 9.17) is 14.7 Å². The molecule has 0 radical (unpaired) electrons. The Morgan fingerprint density at radius 2 is 2.00 bits per heavy atom. The van der Waals surface area contributed by atoms with E-state index >= 15 is 0 Å². The summed E-state index contributed by atoms with van der Waals surface area (Å²) in [5, 5.41) is 16.4. The van der Waals surface area contributed by atoms with Gasteiger partial charge in [0.2, 0.25) is 0 Å². The molecule has 8 heteroatoms. The highest BCUT2D eigenvalue weighted by Gasteiger charge is 2.42. The zero-order valence-corrected chi connectivity index (χ0v) is 19.9. The van der Waals surface area contributed by atoms with Crippen LogP contribution in [0.1, 0.15) is 47.7 Å². The fourth-order valence-corrected chi connectivity index (χ4v) is 5.27. The zero-order chi connectivity index (χ0) is 23.5. The molecule has 176 valence electrons. The zero-order valence-electron chi connectivity index (χ0n) is 19.1. The molecule has 34 heavy (non-hydrogen) atoms. The van der Waals surface area contributed by atoms with Gasteiger partial charge in [-0.15, -0.1) is 11.3 Å². The number of carbonyl (C=O) groups is 1. The van der Waals surface area contributed by atoms with E-state index in [2.05, 4.69) is 33.2 Å². The molecule has 0 amide bonds. The van der Waals surface area contributed by atoms with Gasteiger partial charge in [-0.1, -0.05) is 23.4 Å². The molecule has 5 rings (SSSR count). The predicted molar refractivity (Wildman–Crippen MR) is 132 cm³/mol. The molecule has 7 nitrogen and oxygen atoms in total. The third-order valence-corrected chi connectivity index (χ3v) is 7.29. The van der Waals surface area contributed by atoms with E-state index in [1.54, 1.807) is 23.5 Å². The molecule has 3 aromatic rings. The molecule has 1 saturated heterocycles. The monoisotopic (exact) mass is 477 g/mol. The van der Waals surface area contributed by atoms with Crippen molar-refractivity contribution in [1.29, 1.82) is 0 Å². The van der Waals surface area contributed by atoms with Gasteiger partial charge in [0.25, 0.3) is 0 Å². The first-order valence-corrected chi connectivity index (χ1v) is 12.4. The van der Waals surface area contributed by atoms with Gasteiger partial charge in [0, 0.05) is 50.5 Å². The van der Waals surface area contributed by atoms with Crippen LogP contribution in [0.2, 0.25) is 0 Å². The largest absolute Gasteiger partial charge is 0.493 e. The number of piperidine rings is 1. The van der Waals surface area contributed by atoms with Crippen LogP contribution in [0.25, 0.3) is 10.6 Å². The van der Waals surface area contributed by atoms with Gasteiger partial charge >= 0.3 is 5.97 Å². The standard InChI is InChI=1S/C26H27N3O4S/c1-2-32-23-15-18(3-8-21(23)24-27-11-14-34-24)17-29-12-9-26(10-13-29)16-22(28-33-26)19-4-6-20(7-5-19)25(30)31/h3-8,11,14-15H,2,9-10,12-13,16-17H2,1H3,(H,30,31). The van der Waals surface area contributed by atoms with Crippen LogP contribution < -0.4 is 4.74 Å². The Kier molecular flexibility index (Phi) is 6.34. The molecule has 0 atom stereocenters. The summed E-state index contributed by atoms with van der Waals surface area (Å²) < 4.78 is 5.92. The van der Waals surface area contributed by atoms with Gasteiger partial charge in [-0.3, -0.25) is 4.90 Å². The van der Waals surface area contributed by atoms with E-state index in [-0.39, 0.29) is 11.2 Å². The van der Waals surface area contributed by atoms with Crippen molar-refractivity contribution in [3.63, 3.8) is 0 Å². The lowest BCUT2D eigenvalue weighted by Crippen LogP contribution is -2.44. The highest BCUT2D eigenvalue weighted by atomic mass is 32.1. The van der Waals surface area contributed by atoms with Crippen LogP contribution in [-0.2, 0) is 11.4 Å². The number of likely N-dealkylation sites (tertiary alicyclic amines) is 1. The number of ether oxygens (including phenoxy) is 1. The minimum absolute atomic E-state index is 0.261. The summed E-state index contributed by atoms with van der Waals surface area (Å²) in [6.45, 7) is 5.34. The minimum atomic E-state index is -0.925. The topological polar surface area (TPSA) is 84.2 Å². The van der Waals surface area contributed by atoms with Crippen LogP contribution >= 0.6 is 11.3 Å². The third kappa shape index (κ3) is 4.69. The quantitative estimate of drug-likeness (QED) is 0.512. The predicted octanol–water partition coefficient (Wildman–Crippen LogP) is 5.07. The summed E-state index contributed by atoms with van der Waals surface area (Å²) in [5.74, 6) is -0.0410. The fourth-order valence-electron chi connectivity index (χ4n) is 4.60. The molecule has 2 aliphatic rings. The smallest absolute Gasteiger partial charge is 0.335 e. The number of benzene rings is 2. The van der Waals surface area contributed by atoms with Crippen molar-refractivity contribution in [2.24, 2.45) is 5.16 Å². The SMILES string of the molecule is CCOc1cc(CN2CCC3(CC2)CC(c2ccc(C(=O)O)cc2)=NO3)ccc1-c1nccs1. The Hall–Kier alpha value is -3.23. The summed E-state index contributed by atoms with van der Waals surface area (Å²) in [5.41, 5.74) is 4.10. The molecule has 0 bridgehead atoms. The molecule has 2 aliphatic heterocycles. The van der Waals surface area contributed by atoms with Gasteiger partial charge < -0.3 is 14.7 Å². The second-order valence-electron chi connectivity index (χ2n) is 8.75. The third-order valence-electron chi connectivity index (χ3n) is 6.49. The fraction of sp³-hybridized carbons (Fsp3) is 0.346. The van der Waals surface area contributed by atoms with Gasteiger partial charge in [-0.25, -0.2) is 9.78 Å². The van der Waals surface area contributed by atoms with Crippen LogP contribution in [-0.4, -0.2) is 52.0 Å². The maximum absolute atomic E-state index is 11.1. The van der Waals surface area contributed by atoms with E-state index in [9.17, 15) is 4.79 Å². The van der Waals surface area contributed by atoms with Gasteiger partial charge in [-0.05, 0) is 42.3 Å². The van der Waals surface area contributed by atoms with E-state index < -0.39 is 5.97 Å². The molecule has 2 aromatic carbocycles. The summed E-state index contributed by atoms with van der Waals surface area (Å²) in [6, 6.07) is 13.3. The van der Waals surface area contributed by atoms with Crippen molar-refractivity contribution in [2.75, 3.05) is 19.7 Å². The molecule has 3 heterocycles. The first kappa shape index (κ1) is 22.6. The normalized spacial score (nSPS) is 17.4. The number of hydrogen-bond acceptors (Lipinski definition) is 7. The number of carboxylic acid groups (broad SMARTS) is 1. The van der Waals surface area contributed by atoms with Crippen molar-refractivity contribution in [3.8, 4) is 16.3 Å². The Morgan fingerprint density at radius 3 is 2.68 bits per heavy atom. The minimum Gasteiger partial charge on any atom is -0.493 e. The number of rotatable bonds is 7. The van der Waals surface area contributed by atoms with E-state index in [0.29, 0.717) is 6.61 Å². The summed E-state index contributed by atoms with van der Waals surface area (Å²) >= 11 is 1.62. The summed E-state index contributed by atoms with van der Waals surface area (Å²) in [7, 11) is 0. The van der Waals surface area contributed by atoms with Crippen LogP contribution in [0.4, 0.5) is 0 Å². The number of oxime groups is 1. The van der Waals surface area contributed by atoms with Gasteiger partial charge in [0.15, 0.2) is 0 Å². The van der Waals surface area contributed by atoms with Crippen molar-refractivity contribution >= 4 is 23.0 Å². The van der Waals surface area contributed by atoms with Gasteiger partial charge in [0.05, 0.1) is 23.4 Å².